The summed E-state index contributed by atoms with van der Waals surface area (Å²) in [5.74, 6) is 0. The van der Waals surface area contributed by atoms with Crippen molar-refractivity contribution in [1.82, 2.24) is 4.90 Å². The normalized spacial score (nSPS) is 11.0. The van der Waals surface area contributed by atoms with Crippen LogP contribution in [0, 0.1) is 0 Å². The van der Waals surface area contributed by atoms with Crippen LogP contribution in [0.3, 0.4) is 0 Å². The summed E-state index contributed by atoms with van der Waals surface area (Å²) in [5.41, 5.74) is 5.56. The summed E-state index contributed by atoms with van der Waals surface area (Å²) in [4.78, 5) is 2.95. The summed E-state index contributed by atoms with van der Waals surface area (Å²) in [7, 11) is 0. The van der Waals surface area contributed by atoms with Crippen LogP contribution in [0.15, 0.2) is 0 Å². The van der Waals surface area contributed by atoms with Gasteiger partial charge in [0.15, 0.2) is 0 Å². The Balaban J connectivity index is 3.28. The zero-order chi connectivity index (χ0) is 12.9. The third-order valence-electron chi connectivity index (χ3n) is 3.15. The fourth-order valence-electron chi connectivity index (χ4n) is 2.04. The maximum atomic E-state index is 5.56. The maximum Gasteiger partial charge on any atom is 0.0870 e. The van der Waals surface area contributed by atoms with Gasteiger partial charge in [0.1, 0.15) is 0 Å². The minimum Gasteiger partial charge on any atom is -0.392 e. The molecule has 0 aliphatic rings. The Hall–Kier alpha value is -0.150. The van der Waals surface area contributed by atoms with Gasteiger partial charge in [-0.1, -0.05) is 71.0 Å². The van der Waals surface area contributed by atoms with E-state index < -0.39 is 0 Å². The highest BCUT2D eigenvalue weighted by atomic mass is 32.1. The van der Waals surface area contributed by atoms with Gasteiger partial charge in [0.25, 0.3) is 0 Å². The largest absolute Gasteiger partial charge is 0.392 e. The predicted octanol–water partition coefficient (Wildman–Crippen LogP) is 3.74. The van der Waals surface area contributed by atoms with Crippen LogP contribution in [0.25, 0.3) is 0 Å². The van der Waals surface area contributed by atoms with E-state index in [4.69, 9.17) is 18.0 Å². The van der Waals surface area contributed by atoms with Crippen LogP contribution in [0.5, 0.6) is 0 Å². The van der Waals surface area contributed by atoms with E-state index in [0.717, 1.165) is 19.6 Å². The molecule has 0 unspecified atom stereocenters. The molecule has 3 heteroatoms. The molecule has 0 radical (unpaired) electrons. The Morgan fingerprint density at radius 1 is 0.941 bits per heavy atom. The highest BCUT2D eigenvalue weighted by Crippen LogP contribution is 2.08. The van der Waals surface area contributed by atoms with E-state index in [1.807, 2.05) is 0 Å². The fourth-order valence-corrected chi connectivity index (χ4v) is 2.22. The molecular weight excluding hydrogens is 228 g/mol. The van der Waals surface area contributed by atoms with Crippen molar-refractivity contribution in [2.45, 2.75) is 65.2 Å². The Morgan fingerprint density at radius 2 is 1.47 bits per heavy atom. The van der Waals surface area contributed by atoms with Crippen molar-refractivity contribution in [3.8, 4) is 0 Å². The average molecular weight is 258 g/mol. The van der Waals surface area contributed by atoms with Crippen molar-refractivity contribution < 1.29 is 0 Å². The second kappa shape index (κ2) is 12.3. The molecule has 0 aromatic rings. The molecule has 0 aromatic heterocycles. The molecule has 0 aromatic carbocycles. The molecule has 0 fully saturated rings. The van der Waals surface area contributed by atoms with Crippen LogP contribution in [0.2, 0.25) is 0 Å². The van der Waals surface area contributed by atoms with E-state index in [9.17, 15) is 0 Å². The van der Waals surface area contributed by atoms with Crippen LogP contribution in [-0.4, -0.2) is 29.5 Å². The van der Waals surface area contributed by atoms with E-state index in [1.165, 1.54) is 51.4 Å². The molecular formula is C14H30N2S. The summed E-state index contributed by atoms with van der Waals surface area (Å²) in [6, 6.07) is 0. The average Bonchev–Trinajstić information content (AvgIpc) is 2.30. The zero-order valence-corrected chi connectivity index (χ0v) is 12.5. The van der Waals surface area contributed by atoms with Gasteiger partial charge in [0.05, 0.1) is 4.99 Å². The lowest BCUT2D eigenvalue weighted by atomic mass is 10.1. The van der Waals surface area contributed by atoms with Crippen LogP contribution >= 0.6 is 12.2 Å². The molecule has 17 heavy (non-hydrogen) atoms. The topological polar surface area (TPSA) is 29.3 Å². The first-order valence-corrected chi connectivity index (χ1v) is 7.62. The molecule has 2 N–H and O–H groups in total. The van der Waals surface area contributed by atoms with Gasteiger partial charge in [-0.05, 0) is 19.5 Å². The number of unbranched alkanes of at least 4 members (excludes halogenated alkanes) is 7. The van der Waals surface area contributed by atoms with Gasteiger partial charge in [-0.15, -0.1) is 0 Å². The minimum absolute atomic E-state index is 0.617. The molecule has 0 bridgehead atoms. The Bertz CT molecular complexity index is 183. The molecule has 0 rings (SSSR count). The number of rotatable bonds is 12. The highest BCUT2D eigenvalue weighted by molar-refractivity contribution is 7.80. The number of thiocarbonyl (C=S) groups is 1. The molecule has 2 nitrogen and oxygen atoms in total. The quantitative estimate of drug-likeness (QED) is 0.427. The van der Waals surface area contributed by atoms with E-state index in [1.54, 1.807) is 0 Å². The van der Waals surface area contributed by atoms with Crippen molar-refractivity contribution >= 4 is 17.2 Å². The standard InChI is InChI=1S/C14H30N2S/c1-3-5-6-7-8-9-10-11-12-16(4-2)13-14(15)17/h3-13H2,1-2H3,(H2,15,17). The first-order valence-electron chi connectivity index (χ1n) is 7.21. The maximum absolute atomic E-state index is 5.56. The SMILES string of the molecule is CCCCCCCCCCN(CC)CC(N)=S. The Morgan fingerprint density at radius 3 is 1.94 bits per heavy atom. The van der Waals surface area contributed by atoms with Gasteiger partial charge < -0.3 is 5.73 Å². The monoisotopic (exact) mass is 258 g/mol. The molecule has 102 valence electrons. The van der Waals surface area contributed by atoms with Crippen LogP contribution in [0.4, 0.5) is 0 Å². The summed E-state index contributed by atoms with van der Waals surface area (Å²) in [6.07, 6.45) is 11.0. The van der Waals surface area contributed by atoms with Crippen molar-refractivity contribution in [2.24, 2.45) is 5.73 Å². The van der Waals surface area contributed by atoms with Gasteiger partial charge in [-0.3, -0.25) is 4.90 Å². The Kier molecular flexibility index (Phi) is 12.2. The lowest BCUT2D eigenvalue weighted by Crippen LogP contribution is -2.33. The van der Waals surface area contributed by atoms with E-state index in [0.29, 0.717) is 4.99 Å². The Labute approximate surface area is 113 Å². The number of nitrogens with two attached hydrogens (primary N) is 1. The van der Waals surface area contributed by atoms with Gasteiger partial charge >= 0.3 is 0 Å². The minimum atomic E-state index is 0.617. The molecule has 0 saturated heterocycles. The smallest absolute Gasteiger partial charge is 0.0870 e. The zero-order valence-electron chi connectivity index (χ0n) is 11.7. The number of likely N-dealkylation sites (N-methyl/N-ethyl adjacent to an activating group) is 1. The first-order chi connectivity index (χ1) is 8.20. The summed E-state index contributed by atoms with van der Waals surface area (Å²) in [6.45, 7) is 7.41. The van der Waals surface area contributed by atoms with Gasteiger partial charge in [-0.25, -0.2) is 0 Å². The van der Waals surface area contributed by atoms with Crippen molar-refractivity contribution in [3.63, 3.8) is 0 Å². The first kappa shape index (κ1) is 16.9. The third-order valence-corrected chi connectivity index (χ3v) is 3.28. The molecule has 0 heterocycles. The molecule has 0 atom stereocenters. The second-order valence-corrected chi connectivity index (χ2v) is 5.33. The molecule has 0 saturated carbocycles. The number of hydrogen-bond acceptors (Lipinski definition) is 2. The highest BCUT2D eigenvalue weighted by Gasteiger charge is 2.02. The number of hydrogen-bond donors (Lipinski definition) is 1. The second-order valence-electron chi connectivity index (χ2n) is 4.81. The third kappa shape index (κ3) is 12.1. The summed E-state index contributed by atoms with van der Waals surface area (Å²) < 4.78 is 0. The van der Waals surface area contributed by atoms with Crippen molar-refractivity contribution in [1.29, 1.82) is 0 Å². The molecule has 0 aliphatic carbocycles. The van der Waals surface area contributed by atoms with Crippen LogP contribution in [-0.2, 0) is 0 Å². The van der Waals surface area contributed by atoms with Crippen LogP contribution in [0.1, 0.15) is 65.2 Å². The fraction of sp³-hybridized carbons (Fsp3) is 0.929. The van der Waals surface area contributed by atoms with Crippen LogP contribution < -0.4 is 5.73 Å². The predicted molar refractivity (Wildman–Crippen MR) is 81.5 cm³/mol. The van der Waals surface area contributed by atoms with E-state index >= 15 is 0 Å². The van der Waals surface area contributed by atoms with E-state index in [-0.39, 0.29) is 0 Å². The lowest BCUT2D eigenvalue weighted by Gasteiger charge is -2.19. The van der Waals surface area contributed by atoms with Gasteiger partial charge in [-0.2, -0.15) is 0 Å². The molecule has 0 aliphatic heterocycles. The summed E-state index contributed by atoms with van der Waals surface area (Å²) >= 11 is 4.94. The lowest BCUT2D eigenvalue weighted by molar-refractivity contribution is 0.318. The molecule has 0 amide bonds. The summed E-state index contributed by atoms with van der Waals surface area (Å²) in [5, 5.41) is 0. The van der Waals surface area contributed by atoms with E-state index in [2.05, 4.69) is 18.7 Å². The molecule has 0 spiro atoms. The number of nitrogens with zero attached hydrogens (tertiary/aromatic N) is 1. The van der Waals surface area contributed by atoms with Gasteiger partial charge in [0, 0.05) is 6.54 Å². The van der Waals surface area contributed by atoms with Crippen molar-refractivity contribution in [3.05, 3.63) is 0 Å². The van der Waals surface area contributed by atoms with Crippen molar-refractivity contribution in [2.75, 3.05) is 19.6 Å². The van der Waals surface area contributed by atoms with Gasteiger partial charge in [0.2, 0.25) is 0 Å².